The van der Waals surface area contributed by atoms with E-state index in [2.05, 4.69) is 5.32 Å². The first-order chi connectivity index (χ1) is 6.43. The van der Waals surface area contributed by atoms with Crippen LogP contribution in [0.15, 0.2) is 0 Å². The fourth-order valence-corrected chi connectivity index (χ4v) is 2.14. The van der Waals surface area contributed by atoms with Gasteiger partial charge in [-0.2, -0.15) is 0 Å². The number of hydrogen-bond donors (Lipinski definition) is 2. The van der Waals surface area contributed by atoms with Gasteiger partial charge in [-0.3, -0.25) is 5.32 Å². The summed E-state index contributed by atoms with van der Waals surface area (Å²) in [5.41, 5.74) is 0. The molecule has 1 rings (SSSR count). The minimum atomic E-state index is 0.144. The number of aliphatic hydroxyl groups is 1. The fourth-order valence-electron chi connectivity index (χ4n) is 2.14. The van der Waals surface area contributed by atoms with E-state index in [0.717, 1.165) is 0 Å². The van der Waals surface area contributed by atoms with Crippen molar-refractivity contribution < 1.29 is 5.11 Å². The van der Waals surface area contributed by atoms with Gasteiger partial charge in [0.2, 0.25) is 0 Å². The third-order valence-corrected chi connectivity index (χ3v) is 2.99. The van der Waals surface area contributed by atoms with Crippen molar-refractivity contribution in [1.29, 1.82) is 0 Å². The first kappa shape index (κ1) is 11.0. The second-order valence-corrected chi connectivity index (χ2v) is 4.11. The summed E-state index contributed by atoms with van der Waals surface area (Å²) < 4.78 is 0. The van der Waals surface area contributed by atoms with Crippen molar-refractivity contribution in [2.24, 2.45) is 0 Å². The van der Waals surface area contributed by atoms with Gasteiger partial charge in [-0.1, -0.05) is 44.9 Å². The van der Waals surface area contributed by atoms with E-state index in [-0.39, 0.29) is 6.73 Å². The maximum absolute atomic E-state index is 8.80. The summed E-state index contributed by atoms with van der Waals surface area (Å²) >= 11 is 0. The summed E-state index contributed by atoms with van der Waals surface area (Å²) in [5.74, 6) is 0. The van der Waals surface area contributed by atoms with Crippen LogP contribution >= 0.6 is 0 Å². The first-order valence-electron chi connectivity index (χ1n) is 5.77. The van der Waals surface area contributed by atoms with Gasteiger partial charge in [0.15, 0.2) is 0 Å². The lowest BCUT2D eigenvalue weighted by atomic mass is 9.98. The molecule has 0 saturated heterocycles. The van der Waals surface area contributed by atoms with E-state index in [4.69, 9.17) is 5.11 Å². The Kier molecular flexibility index (Phi) is 6.21. The predicted molar refractivity (Wildman–Crippen MR) is 55.6 cm³/mol. The third-order valence-electron chi connectivity index (χ3n) is 2.99. The lowest BCUT2D eigenvalue weighted by Crippen LogP contribution is -2.29. The summed E-state index contributed by atoms with van der Waals surface area (Å²) in [7, 11) is 0. The van der Waals surface area contributed by atoms with Crippen LogP contribution in [-0.4, -0.2) is 17.9 Å². The number of rotatable bonds is 2. The van der Waals surface area contributed by atoms with Gasteiger partial charge in [0.05, 0.1) is 6.73 Å². The van der Waals surface area contributed by atoms with Crippen LogP contribution in [0.3, 0.4) is 0 Å². The van der Waals surface area contributed by atoms with Gasteiger partial charge < -0.3 is 5.11 Å². The van der Waals surface area contributed by atoms with Gasteiger partial charge in [0.1, 0.15) is 0 Å². The average molecular weight is 185 g/mol. The molecule has 0 unspecified atom stereocenters. The SMILES string of the molecule is OCNC1CCCCCCCCC1. The molecule has 2 heteroatoms. The van der Waals surface area contributed by atoms with E-state index >= 15 is 0 Å². The predicted octanol–water partition coefficient (Wildman–Crippen LogP) is 2.42. The molecule has 0 aliphatic heterocycles. The molecule has 0 heterocycles. The van der Waals surface area contributed by atoms with Crippen molar-refractivity contribution in [3.8, 4) is 0 Å². The van der Waals surface area contributed by atoms with Crippen LogP contribution < -0.4 is 5.32 Å². The van der Waals surface area contributed by atoms with Crippen LogP contribution in [0, 0.1) is 0 Å². The topological polar surface area (TPSA) is 32.3 Å². The Morgan fingerprint density at radius 3 is 1.77 bits per heavy atom. The van der Waals surface area contributed by atoms with Gasteiger partial charge in [-0.25, -0.2) is 0 Å². The zero-order chi connectivity index (χ0) is 9.36. The van der Waals surface area contributed by atoms with Crippen molar-refractivity contribution in [2.75, 3.05) is 6.73 Å². The third kappa shape index (κ3) is 5.27. The minimum Gasteiger partial charge on any atom is -0.381 e. The second kappa shape index (κ2) is 7.34. The Labute approximate surface area is 81.7 Å². The number of aliphatic hydroxyl groups excluding tert-OH is 1. The van der Waals surface area contributed by atoms with Crippen molar-refractivity contribution in [1.82, 2.24) is 5.32 Å². The smallest absolute Gasteiger partial charge is 0.0933 e. The van der Waals surface area contributed by atoms with Gasteiger partial charge >= 0.3 is 0 Å². The van der Waals surface area contributed by atoms with Crippen LogP contribution in [0.2, 0.25) is 0 Å². The van der Waals surface area contributed by atoms with E-state index in [1.807, 2.05) is 0 Å². The molecule has 1 fully saturated rings. The van der Waals surface area contributed by atoms with Gasteiger partial charge in [0, 0.05) is 6.04 Å². The van der Waals surface area contributed by atoms with Crippen molar-refractivity contribution >= 4 is 0 Å². The molecule has 0 spiro atoms. The standard InChI is InChI=1S/C11H23NO/c13-10-12-11-8-6-4-2-1-3-5-7-9-11/h11-13H,1-10H2. The van der Waals surface area contributed by atoms with E-state index in [1.54, 1.807) is 0 Å². The number of hydrogen-bond acceptors (Lipinski definition) is 2. The van der Waals surface area contributed by atoms with Crippen LogP contribution in [0.4, 0.5) is 0 Å². The Bertz CT molecular complexity index is 107. The van der Waals surface area contributed by atoms with E-state index < -0.39 is 0 Å². The molecule has 0 atom stereocenters. The molecule has 13 heavy (non-hydrogen) atoms. The van der Waals surface area contributed by atoms with Gasteiger partial charge in [-0.05, 0) is 12.8 Å². The van der Waals surface area contributed by atoms with Crippen LogP contribution in [0.1, 0.15) is 57.8 Å². The molecule has 0 aromatic heterocycles. The molecular formula is C11H23NO. The maximum Gasteiger partial charge on any atom is 0.0933 e. The molecule has 0 amide bonds. The second-order valence-electron chi connectivity index (χ2n) is 4.11. The largest absolute Gasteiger partial charge is 0.381 e. The van der Waals surface area contributed by atoms with Gasteiger partial charge in [0.25, 0.3) is 0 Å². The van der Waals surface area contributed by atoms with Crippen molar-refractivity contribution in [3.05, 3.63) is 0 Å². The molecule has 1 saturated carbocycles. The van der Waals surface area contributed by atoms with Gasteiger partial charge in [-0.15, -0.1) is 0 Å². The normalized spacial score (nSPS) is 22.8. The molecule has 78 valence electrons. The van der Waals surface area contributed by atoms with Crippen LogP contribution in [0.25, 0.3) is 0 Å². The highest BCUT2D eigenvalue weighted by Gasteiger charge is 2.08. The minimum absolute atomic E-state index is 0.144. The highest BCUT2D eigenvalue weighted by atomic mass is 16.3. The number of nitrogens with one attached hydrogen (secondary N) is 1. The Morgan fingerprint density at radius 2 is 1.31 bits per heavy atom. The molecule has 2 N–H and O–H groups in total. The summed E-state index contributed by atoms with van der Waals surface area (Å²) in [6.45, 7) is 0.144. The summed E-state index contributed by atoms with van der Waals surface area (Å²) in [6.07, 6.45) is 12.2. The molecule has 0 bridgehead atoms. The molecule has 0 aromatic carbocycles. The zero-order valence-corrected chi connectivity index (χ0v) is 8.60. The maximum atomic E-state index is 8.80. The van der Waals surface area contributed by atoms with E-state index in [1.165, 1.54) is 57.8 Å². The lowest BCUT2D eigenvalue weighted by Gasteiger charge is -2.18. The molecular weight excluding hydrogens is 162 g/mol. The van der Waals surface area contributed by atoms with Crippen molar-refractivity contribution in [3.63, 3.8) is 0 Å². The monoisotopic (exact) mass is 185 g/mol. The zero-order valence-electron chi connectivity index (χ0n) is 8.60. The Morgan fingerprint density at radius 1 is 0.846 bits per heavy atom. The summed E-state index contributed by atoms with van der Waals surface area (Å²) in [5, 5.41) is 12.0. The first-order valence-corrected chi connectivity index (χ1v) is 5.77. The fraction of sp³-hybridized carbons (Fsp3) is 1.00. The Hall–Kier alpha value is -0.0800. The summed E-state index contributed by atoms with van der Waals surface area (Å²) in [4.78, 5) is 0. The Balaban J connectivity index is 2.18. The van der Waals surface area contributed by atoms with Crippen molar-refractivity contribution in [2.45, 2.75) is 63.8 Å². The van der Waals surface area contributed by atoms with E-state index in [9.17, 15) is 0 Å². The lowest BCUT2D eigenvalue weighted by molar-refractivity contribution is 0.228. The molecule has 1 aliphatic carbocycles. The molecule has 0 radical (unpaired) electrons. The highest BCUT2D eigenvalue weighted by molar-refractivity contribution is 4.66. The molecule has 0 aromatic rings. The van der Waals surface area contributed by atoms with E-state index in [0.29, 0.717) is 6.04 Å². The average Bonchev–Trinajstić information content (AvgIpc) is 2.16. The highest BCUT2D eigenvalue weighted by Crippen LogP contribution is 2.16. The van der Waals surface area contributed by atoms with Crippen LogP contribution in [0.5, 0.6) is 0 Å². The van der Waals surface area contributed by atoms with Crippen LogP contribution in [-0.2, 0) is 0 Å². The quantitative estimate of drug-likeness (QED) is 0.648. The summed E-state index contributed by atoms with van der Waals surface area (Å²) in [6, 6.07) is 0.572. The molecule has 1 aliphatic rings. The molecule has 2 nitrogen and oxygen atoms in total.